The first kappa shape index (κ1) is 13.7. The standard InChI is InChI=1S/C9H10ClF2N3O2/c1-5-14-7(10)6(2-16)8(15-5)13-3-9(11,12)4-17/h2,17H,3-4H2,1H3,(H,13,14,15). The molecule has 0 radical (unpaired) electrons. The molecule has 0 aromatic carbocycles. The van der Waals surface area contributed by atoms with Crippen molar-refractivity contribution in [2.45, 2.75) is 12.8 Å². The number of aromatic nitrogens is 2. The monoisotopic (exact) mass is 265 g/mol. The molecule has 0 saturated heterocycles. The molecule has 8 heteroatoms. The summed E-state index contributed by atoms with van der Waals surface area (Å²) in [7, 11) is 0. The van der Waals surface area contributed by atoms with Gasteiger partial charge in [0.15, 0.2) is 6.29 Å². The highest BCUT2D eigenvalue weighted by Crippen LogP contribution is 2.20. The van der Waals surface area contributed by atoms with Crippen LogP contribution in [0.25, 0.3) is 0 Å². The molecule has 5 nitrogen and oxygen atoms in total. The number of aliphatic hydroxyl groups excluding tert-OH is 1. The molecule has 0 bridgehead atoms. The van der Waals surface area contributed by atoms with E-state index >= 15 is 0 Å². The summed E-state index contributed by atoms with van der Waals surface area (Å²) in [4.78, 5) is 18.2. The van der Waals surface area contributed by atoms with Gasteiger partial charge >= 0.3 is 0 Å². The minimum absolute atomic E-state index is 0.0781. The first-order valence-corrected chi connectivity index (χ1v) is 4.99. The number of hydrogen-bond acceptors (Lipinski definition) is 5. The van der Waals surface area contributed by atoms with E-state index in [4.69, 9.17) is 16.7 Å². The summed E-state index contributed by atoms with van der Waals surface area (Å²) in [5.41, 5.74) is -0.0917. The van der Waals surface area contributed by atoms with Crippen LogP contribution in [0.4, 0.5) is 14.6 Å². The van der Waals surface area contributed by atoms with Crippen LogP contribution >= 0.6 is 11.6 Å². The van der Waals surface area contributed by atoms with Gasteiger partial charge in [0.2, 0.25) is 0 Å². The molecule has 2 N–H and O–H groups in total. The van der Waals surface area contributed by atoms with Crippen molar-refractivity contribution < 1.29 is 18.7 Å². The topological polar surface area (TPSA) is 75.1 Å². The number of carbonyl (C=O) groups is 1. The van der Waals surface area contributed by atoms with Gasteiger partial charge < -0.3 is 10.4 Å². The Labute approximate surface area is 101 Å². The number of anilines is 1. The summed E-state index contributed by atoms with van der Waals surface area (Å²) in [6, 6.07) is 0. The third kappa shape index (κ3) is 3.57. The Morgan fingerprint density at radius 1 is 1.53 bits per heavy atom. The number of rotatable bonds is 5. The van der Waals surface area contributed by atoms with Crippen LogP contribution in [-0.4, -0.2) is 40.4 Å². The van der Waals surface area contributed by atoms with Gasteiger partial charge in [0.05, 0.1) is 12.1 Å². The highest BCUT2D eigenvalue weighted by Gasteiger charge is 2.28. The number of halogens is 3. The van der Waals surface area contributed by atoms with Crippen molar-refractivity contribution in [1.29, 1.82) is 0 Å². The summed E-state index contributed by atoms with van der Waals surface area (Å²) in [5, 5.41) is 10.5. The Balaban J connectivity index is 2.94. The lowest BCUT2D eigenvalue weighted by atomic mass is 10.3. The van der Waals surface area contributed by atoms with Gasteiger partial charge in [0, 0.05) is 0 Å². The summed E-state index contributed by atoms with van der Waals surface area (Å²) in [6.45, 7) is -0.638. The number of carbonyl (C=O) groups excluding carboxylic acids is 1. The van der Waals surface area contributed by atoms with Gasteiger partial charge in [-0.05, 0) is 6.92 Å². The van der Waals surface area contributed by atoms with Crippen LogP contribution in [-0.2, 0) is 0 Å². The fourth-order valence-corrected chi connectivity index (χ4v) is 1.31. The molecule has 94 valence electrons. The van der Waals surface area contributed by atoms with Gasteiger partial charge in [-0.25, -0.2) is 18.7 Å². The predicted octanol–water partition coefficient (Wildman–Crippen LogP) is 1.29. The molecule has 0 spiro atoms. The summed E-state index contributed by atoms with van der Waals surface area (Å²) < 4.78 is 25.6. The highest BCUT2D eigenvalue weighted by molar-refractivity contribution is 6.32. The van der Waals surface area contributed by atoms with Crippen LogP contribution in [0, 0.1) is 6.92 Å². The molecular formula is C9H10ClF2N3O2. The van der Waals surface area contributed by atoms with Crippen molar-refractivity contribution in [3.8, 4) is 0 Å². The average molecular weight is 266 g/mol. The Morgan fingerprint density at radius 2 is 2.18 bits per heavy atom. The van der Waals surface area contributed by atoms with E-state index in [2.05, 4.69) is 15.3 Å². The number of aldehydes is 1. The van der Waals surface area contributed by atoms with E-state index in [0.717, 1.165) is 0 Å². The van der Waals surface area contributed by atoms with E-state index in [-0.39, 0.29) is 22.4 Å². The van der Waals surface area contributed by atoms with E-state index in [9.17, 15) is 13.6 Å². The molecule has 0 saturated carbocycles. The fraction of sp³-hybridized carbons (Fsp3) is 0.444. The molecular weight excluding hydrogens is 256 g/mol. The van der Waals surface area contributed by atoms with Crippen LogP contribution in [0.15, 0.2) is 0 Å². The van der Waals surface area contributed by atoms with E-state index in [1.165, 1.54) is 6.92 Å². The van der Waals surface area contributed by atoms with Crippen molar-refractivity contribution in [1.82, 2.24) is 9.97 Å². The highest BCUT2D eigenvalue weighted by atomic mass is 35.5. The van der Waals surface area contributed by atoms with Gasteiger partial charge in [-0.2, -0.15) is 0 Å². The van der Waals surface area contributed by atoms with E-state index in [0.29, 0.717) is 6.29 Å². The lowest BCUT2D eigenvalue weighted by Gasteiger charge is -2.15. The number of alkyl halides is 2. The second kappa shape index (κ2) is 5.33. The maximum Gasteiger partial charge on any atom is 0.287 e. The Morgan fingerprint density at radius 3 is 2.71 bits per heavy atom. The fourth-order valence-electron chi connectivity index (χ4n) is 1.06. The number of hydrogen-bond donors (Lipinski definition) is 2. The van der Waals surface area contributed by atoms with Crippen molar-refractivity contribution in [2.24, 2.45) is 0 Å². The molecule has 0 fully saturated rings. The van der Waals surface area contributed by atoms with Crippen LogP contribution < -0.4 is 5.32 Å². The zero-order chi connectivity index (χ0) is 13.1. The Bertz CT molecular complexity index is 429. The number of nitrogens with zero attached hydrogens (tertiary/aromatic N) is 2. The molecule has 0 aliphatic carbocycles. The zero-order valence-electron chi connectivity index (χ0n) is 8.88. The van der Waals surface area contributed by atoms with Crippen molar-refractivity contribution >= 4 is 23.7 Å². The molecule has 0 aliphatic heterocycles. The third-order valence-electron chi connectivity index (χ3n) is 1.87. The first-order valence-electron chi connectivity index (χ1n) is 4.61. The van der Waals surface area contributed by atoms with E-state index < -0.39 is 19.1 Å². The maximum atomic E-state index is 12.8. The Kier molecular flexibility index (Phi) is 4.30. The summed E-state index contributed by atoms with van der Waals surface area (Å²) in [5.74, 6) is -3.13. The number of nitrogens with one attached hydrogen (secondary N) is 1. The van der Waals surface area contributed by atoms with Crippen molar-refractivity contribution in [3.05, 3.63) is 16.5 Å². The smallest absolute Gasteiger partial charge is 0.287 e. The average Bonchev–Trinajstić information content (AvgIpc) is 2.26. The predicted molar refractivity (Wildman–Crippen MR) is 57.7 cm³/mol. The molecule has 0 unspecified atom stereocenters. The molecule has 0 aliphatic rings. The normalized spacial score (nSPS) is 11.4. The minimum atomic E-state index is -3.30. The van der Waals surface area contributed by atoms with Gasteiger partial charge in [-0.3, -0.25) is 4.79 Å². The maximum absolute atomic E-state index is 12.8. The number of aryl methyl sites for hydroxylation is 1. The van der Waals surface area contributed by atoms with Gasteiger partial charge in [-0.1, -0.05) is 11.6 Å². The Hall–Kier alpha value is -1.34. The molecule has 0 atom stereocenters. The summed E-state index contributed by atoms with van der Waals surface area (Å²) >= 11 is 5.66. The van der Waals surface area contributed by atoms with E-state index in [1.807, 2.05) is 0 Å². The molecule has 1 rings (SSSR count). The molecule has 1 aromatic rings. The zero-order valence-corrected chi connectivity index (χ0v) is 9.63. The first-order chi connectivity index (χ1) is 7.89. The van der Waals surface area contributed by atoms with Gasteiger partial charge in [0.25, 0.3) is 5.92 Å². The van der Waals surface area contributed by atoms with Crippen molar-refractivity contribution in [2.75, 3.05) is 18.5 Å². The lowest BCUT2D eigenvalue weighted by molar-refractivity contribution is -0.0373. The second-order valence-corrected chi connectivity index (χ2v) is 3.67. The minimum Gasteiger partial charge on any atom is -0.390 e. The van der Waals surface area contributed by atoms with Gasteiger partial charge in [-0.15, -0.1) is 0 Å². The number of aliphatic hydroxyl groups is 1. The van der Waals surface area contributed by atoms with Crippen molar-refractivity contribution in [3.63, 3.8) is 0 Å². The molecule has 1 heterocycles. The lowest BCUT2D eigenvalue weighted by Crippen LogP contribution is -2.31. The largest absolute Gasteiger partial charge is 0.390 e. The SMILES string of the molecule is Cc1nc(Cl)c(C=O)c(NCC(F)(F)CO)n1. The molecule has 17 heavy (non-hydrogen) atoms. The van der Waals surface area contributed by atoms with Crippen LogP contribution in [0.1, 0.15) is 16.2 Å². The summed E-state index contributed by atoms with van der Waals surface area (Å²) in [6.07, 6.45) is 0.376. The third-order valence-corrected chi connectivity index (χ3v) is 2.16. The quantitative estimate of drug-likeness (QED) is 0.620. The van der Waals surface area contributed by atoms with Crippen LogP contribution in [0.5, 0.6) is 0 Å². The second-order valence-electron chi connectivity index (χ2n) is 3.31. The van der Waals surface area contributed by atoms with Gasteiger partial charge in [0.1, 0.15) is 23.4 Å². The van der Waals surface area contributed by atoms with Crippen LogP contribution in [0.3, 0.4) is 0 Å². The molecule has 1 aromatic heterocycles. The van der Waals surface area contributed by atoms with Crippen LogP contribution in [0.2, 0.25) is 5.15 Å². The molecule has 0 amide bonds. The van der Waals surface area contributed by atoms with E-state index in [1.54, 1.807) is 0 Å².